The number of carbonyl (C=O) groups is 1. The van der Waals surface area contributed by atoms with Crippen LogP contribution in [0.15, 0.2) is 4.99 Å². The molecule has 2 N–H and O–H groups in total. The highest BCUT2D eigenvalue weighted by Crippen LogP contribution is 2.12. The molecule has 2 rings (SSSR count). The lowest BCUT2D eigenvalue weighted by atomic mass is 10.2. The van der Waals surface area contributed by atoms with E-state index in [4.69, 9.17) is 4.74 Å². The number of unbranched alkanes of at least 4 members (excludes halogenated alkanes) is 1. The molecule has 0 spiro atoms. The van der Waals surface area contributed by atoms with Crippen LogP contribution in [0, 0.1) is 0 Å². The van der Waals surface area contributed by atoms with Crippen molar-refractivity contribution in [3.05, 3.63) is 0 Å². The molecule has 1 unspecified atom stereocenters. The summed E-state index contributed by atoms with van der Waals surface area (Å²) in [5.74, 6) is 0.930. The van der Waals surface area contributed by atoms with E-state index in [0.717, 1.165) is 38.4 Å². The minimum absolute atomic E-state index is 0. The van der Waals surface area contributed by atoms with Crippen LogP contribution >= 0.6 is 24.0 Å². The second-order valence-electron chi connectivity index (χ2n) is 8.31. The minimum atomic E-state index is -0.463. The van der Waals surface area contributed by atoms with E-state index < -0.39 is 5.60 Å². The molecule has 158 valence electrons. The van der Waals surface area contributed by atoms with E-state index in [1.54, 1.807) is 0 Å². The van der Waals surface area contributed by atoms with Gasteiger partial charge in [-0.15, -0.1) is 24.0 Å². The fourth-order valence-corrected chi connectivity index (χ4v) is 3.54. The van der Waals surface area contributed by atoms with Gasteiger partial charge in [0.05, 0.1) is 6.04 Å². The lowest BCUT2D eigenvalue weighted by Gasteiger charge is -2.23. The van der Waals surface area contributed by atoms with Gasteiger partial charge in [0.15, 0.2) is 5.96 Å². The summed E-state index contributed by atoms with van der Waals surface area (Å²) >= 11 is 0. The quantitative estimate of drug-likeness (QED) is 0.257. The van der Waals surface area contributed by atoms with Gasteiger partial charge in [0.2, 0.25) is 0 Å². The van der Waals surface area contributed by atoms with Gasteiger partial charge in [-0.25, -0.2) is 4.79 Å². The summed E-state index contributed by atoms with van der Waals surface area (Å²) in [4.78, 5) is 21.1. The van der Waals surface area contributed by atoms with Crippen LogP contribution in [0.25, 0.3) is 0 Å². The topological polar surface area (TPSA) is 69.2 Å². The molecule has 0 bridgehead atoms. The van der Waals surface area contributed by atoms with Gasteiger partial charge in [-0.2, -0.15) is 0 Å². The first-order chi connectivity index (χ1) is 12.4. The van der Waals surface area contributed by atoms with Crippen LogP contribution in [0.2, 0.25) is 0 Å². The fraction of sp³-hybridized carbons (Fsp3) is 0.895. The SMILES string of the molecule is CN=C(NCCCCN1CCCC1)N1CCC(NC(=O)OC(C)(C)C)C1.I. The van der Waals surface area contributed by atoms with E-state index in [-0.39, 0.29) is 36.1 Å². The molecule has 0 aromatic carbocycles. The number of ether oxygens (including phenoxy) is 1. The van der Waals surface area contributed by atoms with Crippen LogP contribution in [0.3, 0.4) is 0 Å². The standard InChI is InChI=1S/C19H37N5O2.HI/c1-19(2,3)26-18(25)22-16-9-14-24(15-16)17(20-4)21-10-5-6-11-23-12-7-8-13-23;/h16H,5-15H2,1-4H3,(H,20,21)(H,22,25);1H. The molecule has 0 aliphatic carbocycles. The second-order valence-corrected chi connectivity index (χ2v) is 8.31. The molecule has 0 aromatic rings. The third kappa shape index (κ3) is 9.32. The van der Waals surface area contributed by atoms with Crippen LogP contribution in [0.5, 0.6) is 0 Å². The lowest BCUT2D eigenvalue weighted by Crippen LogP contribution is -2.44. The van der Waals surface area contributed by atoms with Gasteiger partial charge in [0.1, 0.15) is 5.60 Å². The maximum Gasteiger partial charge on any atom is 0.407 e. The summed E-state index contributed by atoms with van der Waals surface area (Å²) in [6, 6.07) is 0.110. The van der Waals surface area contributed by atoms with Crippen molar-refractivity contribution in [2.24, 2.45) is 4.99 Å². The number of rotatable bonds is 6. The van der Waals surface area contributed by atoms with Crippen molar-refractivity contribution >= 4 is 36.0 Å². The van der Waals surface area contributed by atoms with Crippen LogP contribution < -0.4 is 10.6 Å². The van der Waals surface area contributed by atoms with Gasteiger partial charge in [-0.05, 0) is 72.5 Å². The normalized spacial score (nSPS) is 21.1. The molecule has 1 atom stereocenters. The number of carbonyl (C=O) groups excluding carboxylic acids is 1. The number of likely N-dealkylation sites (tertiary alicyclic amines) is 2. The Balaban J connectivity index is 0.00000364. The highest BCUT2D eigenvalue weighted by atomic mass is 127. The zero-order valence-electron chi connectivity index (χ0n) is 17.4. The molecule has 2 fully saturated rings. The van der Waals surface area contributed by atoms with E-state index in [1.165, 1.54) is 38.9 Å². The molecule has 27 heavy (non-hydrogen) atoms. The predicted octanol–water partition coefficient (Wildman–Crippen LogP) is 2.65. The lowest BCUT2D eigenvalue weighted by molar-refractivity contribution is 0.0507. The average Bonchev–Trinajstić information content (AvgIpc) is 3.21. The molecule has 8 heteroatoms. The van der Waals surface area contributed by atoms with Gasteiger partial charge in [0.25, 0.3) is 0 Å². The Morgan fingerprint density at radius 1 is 1.19 bits per heavy atom. The summed E-state index contributed by atoms with van der Waals surface area (Å²) < 4.78 is 5.34. The predicted molar refractivity (Wildman–Crippen MR) is 121 cm³/mol. The number of aliphatic imine (C=N–C) groups is 1. The van der Waals surface area contributed by atoms with Crippen molar-refractivity contribution < 1.29 is 9.53 Å². The number of amides is 1. The number of nitrogens with one attached hydrogen (secondary N) is 2. The van der Waals surface area contributed by atoms with Gasteiger partial charge in [-0.1, -0.05) is 0 Å². The minimum Gasteiger partial charge on any atom is -0.444 e. The Kier molecular flexibility index (Phi) is 10.7. The molecule has 0 aromatic heterocycles. The molecular formula is C19H38IN5O2. The fourth-order valence-electron chi connectivity index (χ4n) is 3.54. The summed E-state index contributed by atoms with van der Waals surface area (Å²) in [5, 5.41) is 6.42. The summed E-state index contributed by atoms with van der Waals surface area (Å²) in [6.45, 7) is 12.0. The molecule has 1 amide bonds. The summed E-state index contributed by atoms with van der Waals surface area (Å²) in [6.07, 6.45) is 5.68. The Morgan fingerprint density at radius 3 is 2.52 bits per heavy atom. The zero-order valence-corrected chi connectivity index (χ0v) is 19.8. The van der Waals surface area contributed by atoms with Gasteiger partial charge in [0, 0.05) is 26.7 Å². The Bertz CT molecular complexity index is 475. The molecule has 2 aliphatic rings. The molecule has 7 nitrogen and oxygen atoms in total. The van der Waals surface area contributed by atoms with Crippen molar-refractivity contribution in [2.45, 2.75) is 64.5 Å². The third-order valence-electron chi connectivity index (χ3n) is 4.80. The van der Waals surface area contributed by atoms with Crippen LogP contribution in [-0.4, -0.2) is 79.8 Å². The van der Waals surface area contributed by atoms with E-state index in [0.29, 0.717) is 0 Å². The highest BCUT2D eigenvalue weighted by Gasteiger charge is 2.27. The van der Waals surface area contributed by atoms with E-state index in [1.807, 2.05) is 27.8 Å². The maximum atomic E-state index is 11.9. The van der Waals surface area contributed by atoms with Gasteiger partial charge in [-0.3, -0.25) is 4.99 Å². The average molecular weight is 495 g/mol. The molecule has 2 saturated heterocycles. The van der Waals surface area contributed by atoms with Gasteiger partial charge < -0.3 is 25.2 Å². The molecule has 2 heterocycles. The van der Waals surface area contributed by atoms with Crippen molar-refractivity contribution in [1.29, 1.82) is 0 Å². The number of hydrogen-bond donors (Lipinski definition) is 2. The summed E-state index contributed by atoms with van der Waals surface area (Å²) in [7, 11) is 1.82. The Hall–Kier alpha value is -0.770. The molecular weight excluding hydrogens is 457 g/mol. The van der Waals surface area contributed by atoms with E-state index >= 15 is 0 Å². The first kappa shape index (κ1) is 24.3. The maximum absolute atomic E-state index is 11.9. The van der Waals surface area contributed by atoms with Crippen molar-refractivity contribution in [1.82, 2.24) is 20.4 Å². The Labute approximate surface area is 181 Å². The Morgan fingerprint density at radius 2 is 1.89 bits per heavy atom. The molecule has 0 saturated carbocycles. The number of nitrogens with zero attached hydrogens (tertiary/aromatic N) is 3. The van der Waals surface area contributed by atoms with Gasteiger partial charge >= 0.3 is 6.09 Å². The largest absolute Gasteiger partial charge is 0.444 e. The number of hydrogen-bond acceptors (Lipinski definition) is 4. The van der Waals surface area contributed by atoms with Crippen molar-refractivity contribution in [2.75, 3.05) is 46.3 Å². The monoisotopic (exact) mass is 495 g/mol. The number of halogens is 1. The van der Waals surface area contributed by atoms with Crippen LogP contribution in [0.4, 0.5) is 4.79 Å². The zero-order chi connectivity index (χ0) is 19.0. The smallest absolute Gasteiger partial charge is 0.407 e. The van der Waals surface area contributed by atoms with E-state index in [9.17, 15) is 4.79 Å². The summed E-state index contributed by atoms with van der Waals surface area (Å²) in [5.41, 5.74) is -0.463. The third-order valence-corrected chi connectivity index (χ3v) is 4.80. The number of guanidine groups is 1. The van der Waals surface area contributed by atoms with Crippen molar-refractivity contribution in [3.8, 4) is 0 Å². The number of alkyl carbamates (subject to hydrolysis) is 1. The molecule has 0 radical (unpaired) electrons. The molecule has 2 aliphatic heterocycles. The van der Waals surface area contributed by atoms with Crippen LogP contribution in [-0.2, 0) is 4.74 Å². The van der Waals surface area contributed by atoms with E-state index in [2.05, 4.69) is 25.4 Å². The second kappa shape index (κ2) is 11.9. The first-order valence-corrected chi connectivity index (χ1v) is 10.0. The highest BCUT2D eigenvalue weighted by molar-refractivity contribution is 14.0. The van der Waals surface area contributed by atoms with Crippen molar-refractivity contribution in [3.63, 3.8) is 0 Å². The van der Waals surface area contributed by atoms with Crippen LogP contribution in [0.1, 0.15) is 52.9 Å². The first-order valence-electron chi connectivity index (χ1n) is 10.0.